The van der Waals surface area contributed by atoms with Crippen LogP contribution in [-0.2, 0) is 10.5 Å². The summed E-state index contributed by atoms with van der Waals surface area (Å²) in [5.74, 6) is 1.02. The summed E-state index contributed by atoms with van der Waals surface area (Å²) in [5.41, 5.74) is 2.41. The van der Waals surface area contributed by atoms with Crippen LogP contribution in [0.3, 0.4) is 0 Å². The Labute approximate surface area is 111 Å². The van der Waals surface area contributed by atoms with Gasteiger partial charge in [0.15, 0.2) is 0 Å². The van der Waals surface area contributed by atoms with Crippen molar-refractivity contribution < 1.29 is 15.0 Å². The van der Waals surface area contributed by atoms with Gasteiger partial charge in [0.25, 0.3) is 0 Å². The third-order valence-corrected chi connectivity index (χ3v) is 3.37. The van der Waals surface area contributed by atoms with Crippen LogP contribution >= 0.6 is 11.8 Å². The Morgan fingerprint density at radius 1 is 1.39 bits per heavy atom. The molecular weight excluding hydrogens is 250 g/mol. The lowest BCUT2D eigenvalue weighted by atomic mass is 10.2. The lowest BCUT2D eigenvalue weighted by Gasteiger charge is -2.08. The highest BCUT2D eigenvalue weighted by atomic mass is 32.2. The third kappa shape index (κ3) is 6.05. The molecule has 0 fully saturated rings. The molecule has 1 atom stereocenters. The van der Waals surface area contributed by atoms with Gasteiger partial charge in [0.2, 0.25) is 5.91 Å². The van der Waals surface area contributed by atoms with Gasteiger partial charge in [-0.3, -0.25) is 4.79 Å². The minimum absolute atomic E-state index is 0.0976. The van der Waals surface area contributed by atoms with Gasteiger partial charge in [-0.25, -0.2) is 0 Å². The summed E-state index contributed by atoms with van der Waals surface area (Å²) in [5, 5.41) is 20.2. The molecule has 5 heteroatoms. The van der Waals surface area contributed by atoms with Crippen molar-refractivity contribution in [1.29, 1.82) is 0 Å². The van der Waals surface area contributed by atoms with Gasteiger partial charge in [0, 0.05) is 12.3 Å². The van der Waals surface area contributed by atoms with Crippen molar-refractivity contribution >= 4 is 17.7 Å². The average molecular weight is 269 g/mol. The first-order valence-electron chi connectivity index (χ1n) is 5.80. The van der Waals surface area contributed by atoms with Crippen LogP contribution in [0.1, 0.15) is 11.1 Å². The van der Waals surface area contributed by atoms with Crippen molar-refractivity contribution in [3.63, 3.8) is 0 Å². The predicted octanol–water partition coefficient (Wildman–Crippen LogP) is 0.698. The van der Waals surface area contributed by atoms with Crippen LogP contribution in [0.4, 0.5) is 0 Å². The number of nitrogens with one attached hydrogen (secondary N) is 1. The lowest BCUT2D eigenvalue weighted by Crippen LogP contribution is -2.34. The summed E-state index contributed by atoms with van der Waals surface area (Å²) < 4.78 is 0. The molecular formula is C13H19NO3S. The molecule has 0 spiro atoms. The van der Waals surface area contributed by atoms with E-state index in [4.69, 9.17) is 10.2 Å². The van der Waals surface area contributed by atoms with E-state index in [2.05, 4.69) is 17.4 Å². The first-order valence-corrected chi connectivity index (χ1v) is 6.96. The minimum Gasteiger partial charge on any atom is -0.394 e. The van der Waals surface area contributed by atoms with Gasteiger partial charge in [-0.1, -0.05) is 29.8 Å². The molecule has 1 aromatic rings. The van der Waals surface area contributed by atoms with Gasteiger partial charge in [0.1, 0.15) is 0 Å². The lowest BCUT2D eigenvalue weighted by molar-refractivity contribution is -0.119. The van der Waals surface area contributed by atoms with Crippen LogP contribution in [0.15, 0.2) is 24.3 Å². The molecule has 0 heterocycles. The molecule has 1 unspecified atom stereocenters. The van der Waals surface area contributed by atoms with E-state index in [1.807, 2.05) is 19.1 Å². The van der Waals surface area contributed by atoms with Gasteiger partial charge < -0.3 is 15.5 Å². The number of aryl methyl sites for hydroxylation is 1. The highest BCUT2D eigenvalue weighted by Crippen LogP contribution is 2.12. The fourth-order valence-corrected chi connectivity index (χ4v) is 2.11. The monoisotopic (exact) mass is 269 g/mol. The van der Waals surface area contributed by atoms with Crippen LogP contribution in [0.5, 0.6) is 0 Å². The van der Waals surface area contributed by atoms with Crippen LogP contribution < -0.4 is 5.32 Å². The minimum atomic E-state index is -0.879. The predicted molar refractivity (Wildman–Crippen MR) is 73.4 cm³/mol. The van der Waals surface area contributed by atoms with Crippen molar-refractivity contribution in [2.45, 2.75) is 18.8 Å². The Morgan fingerprint density at radius 2 is 2.06 bits per heavy atom. The van der Waals surface area contributed by atoms with Gasteiger partial charge in [-0.2, -0.15) is 0 Å². The van der Waals surface area contributed by atoms with Crippen LogP contribution in [-0.4, -0.2) is 41.1 Å². The van der Waals surface area contributed by atoms with Gasteiger partial charge in [-0.05, 0) is 12.5 Å². The van der Waals surface area contributed by atoms with Crippen molar-refractivity contribution in [3.8, 4) is 0 Å². The van der Waals surface area contributed by atoms with Crippen LogP contribution in [0.25, 0.3) is 0 Å². The molecule has 1 amide bonds. The molecule has 0 aromatic heterocycles. The first-order chi connectivity index (χ1) is 8.61. The molecule has 1 rings (SSSR count). The van der Waals surface area contributed by atoms with Crippen molar-refractivity contribution in [2.24, 2.45) is 0 Å². The molecule has 100 valence electrons. The van der Waals surface area contributed by atoms with E-state index in [0.717, 1.165) is 5.75 Å². The molecule has 4 nitrogen and oxygen atoms in total. The molecule has 0 aliphatic carbocycles. The molecule has 0 radical (unpaired) electrons. The molecule has 1 aromatic carbocycles. The Kier molecular flexibility index (Phi) is 6.78. The highest BCUT2D eigenvalue weighted by molar-refractivity contribution is 7.99. The van der Waals surface area contributed by atoms with E-state index >= 15 is 0 Å². The zero-order chi connectivity index (χ0) is 13.4. The number of hydrogen-bond acceptors (Lipinski definition) is 4. The molecule has 0 saturated carbocycles. The van der Waals surface area contributed by atoms with E-state index < -0.39 is 6.10 Å². The number of carbonyl (C=O) groups excluding carboxylic acids is 1. The number of aliphatic hydroxyl groups excluding tert-OH is 2. The fraction of sp³-hybridized carbons (Fsp3) is 0.462. The van der Waals surface area contributed by atoms with Crippen molar-refractivity contribution in [1.82, 2.24) is 5.32 Å². The molecule has 0 saturated heterocycles. The average Bonchev–Trinajstić information content (AvgIpc) is 2.38. The Morgan fingerprint density at radius 3 is 2.67 bits per heavy atom. The Balaban J connectivity index is 2.17. The van der Waals surface area contributed by atoms with Crippen LogP contribution in [0.2, 0.25) is 0 Å². The molecule has 0 aliphatic heterocycles. The third-order valence-electron chi connectivity index (χ3n) is 2.37. The summed E-state index contributed by atoms with van der Waals surface area (Å²) in [6.45, 7) is 1.80. The summed E-state index contributed by atoms with van der Waals surface area (Å²) >= 11 is 1.52. The number of amides is 1. The smallest absolute Gasteiger partial charge is 0.230 e. The van der Waals surface area contributed by atoms with Gasteiger partial charge >= 0.3 is 0 Å². The first kappa shape index (κ1) is 15.0. The Hall–Kier alpha value is -1.04. The zero-order valence-corrected chi connectivity index (χ0v) is 11.2. The zero-order valence-electron chi connectivity index (χ0n) is 10.4. The van der Waals surface area contributed by atoms with E-state index in [9.17, 15) is 4.79 Å². The second-order valence-electron chi connectivity index (χ2n) is 4.12. The topological polar surface area (TPSA) is 69.6 Å². The normalized spacial score (nSPS) is 12.2. The van der Waals surface area contributed by atoms with E-state index in [1.54, 1.807) is 0 Å². The quantitative estimate of drug-likeness (QED) is 0.681. The largest absolute Gasteiger partial charge is 0.394 e. The number of thioether (sulfide) groups is 1. The van der Waals surface area contributed by atoms with E-state index in [-0.39, 0.29) is 19.1 Å². The Bertz CT molecular complexity index is 367. The number of benzene rings is 1. The number of rotatable bonds is 7. The van der Waals surface area contributed by atoms with Crippen molar-refractivity contribution in [2.75, 3.05) is 18.9 Å². The maximum atomic E-state index is 11.4. The summed E-state index contributed by atoms with van der Waals surface area (Å²) in [6, 6.07) is 8.20. The second-order valence-corrected chi connectivity index (χ2v) is 5.10. The number of aliphatic hydroxyl groups is 2. The fourth-order valence-electron chi connectivity index (χ4n) is 1.29. The molecule has 3 N–H and O–H groups in total. The SMILES string of the molecule is Cc1ccc(CSCC(=O)NCC(O)CO)cc1. The summed E-state index contributed by atoms with van der Waals surface area (Å²) in [6.07, 6.45) is -0.879. The highest BCUT2D eigenvalue weighted by Gasteiger charge is 2.05. The number of hydrogen-bond donors (Lipinski definition) is 3. The maximum Gasteiger partial charge on any atom is 0.230 e. The molecule has 0 aliphatic rings. The maximum absolute atomic E-state index is 11.4. The second kappa shape index (κ2) is 8.13. The summed E-state index contributed by atoms with van der Waals surface area (Å²) in [4.78, 5) is 11.4. The number of carbonyl (C=O) groups is 1. The van der Waals surface area contributed by atoms with Gasteiger partial charge in [-0.15, -0.1) is 11.8 Å². The molecule has 0 bridgehead atoms. The van der Waals surface area contributed by atoms with Crippen molar-refractivity contribution in [3.05, 3.63) is 35.4 Å². The van der Waals surface area contributed by atoms with Gasteiger partial charge in [0.05, 0.1) is 18.5 Å². The molecule has 18 heavy (non-hydrogen) atoms. The summed E-state index contributed by atoms with van der Waals surface area (Å²) in [7, 11) is 0. The van der Waals surface area contributed by atoms with Crippen LogP contribution in [0, 0.1) is 6.92 Å². The van der Waals surface area contributed by atoms with E-state index in [1.165, 1.54) is 22.9 Å². The standard InChI is InChI=1S/C13H19NO3S/c1-10-2-4-11(5-3-10)8-18-9-13(17)14-6-12(16)7-15/h2-5,12,15-16H,6-9H2,1H3,(H,14,17). The van der Waals surface area contributed by atoms with E-state index in [0.29, 0.717) is 5.75 Å².